The van der Waals surface area contributed by atoms with Crippen LogP contribution >= 0.6 is 0 Å². The fourth-order valence-electron chi connectivity index (χ4n) is 2.71. The van der Waals surface area contributed by atoms with Crippen molar-refractivity contribution in [1.82, 2.24) is 10.0 Å². The summed E-state index contributed by atoms with van der Waals surface area (Å²) >= 11 is 0. The molecule has 0 bridgehead atoms. The molecule has 1 aliphatic heterocycles. The first kappa shape index (κ1) is 16.0. The summed E-state index contributed by atoms with van der Waals surface area (Å²) in [7, 11) is -2.16. The topological polar surface area (TPSA) is 67.4 Å². The molecule has 1 heterocycles. The van der Waals surface area contributed by atoms with Gasteiger partial charge in [-0.2, -0.15) is 0 Å². The Morgan fingerprint density at radius 2 is 1.91 bits per heavy atom. The minimum Gasteiger partial charge on any atom is -0.495 e. The molecule has 0 aliphatic carbocycles. The number of nitrogens with one attached hydrogen (secondary N) is 2. The maximum atomic E-state index is 12.6. The minimum absolute atomic E-state index is 0.169. The third-order valence-electron chi connectivity index (χ3n) is 3.98. The molecule has 2 aromatic rings. The molecule has 0 amide bonds. The fraction of sp³-hybridized carbons (Fsp3) is 0.294. The number of fused-ring (bicyclic) bond motifs is 1. The molecule has 0 atom stereocenters. The van der Waals surface area contributed by atoms with Crippen LogP contribution < -0.4 is 14.8 Å². The van der Waals surface area contributed by atoms with Crippen molar-refractivity contribution in [1.29, 1.82) is 0 Å². The third-order valence-corrected chi connectivity index (χ3v) is 5.40. The van der Waals surface area contributed by atoms with Crippen molar-refractivity contribution < 1.29 is 13.2 Å². The number of sulfonamides is 1. The van der Waals surface area contributed by atoms with E-state index >= 15 is 0 Å². The first-order chi connectivity index (χ1) is 11.0. The van der Waals surface area contributed by atoms with E-state index < -0.39 is 10.0 Å². The molecule has 3 rings (SSSR count). The molecule has 0 aromatic heterocycles. The second-order valence-corrected chi connectivity index (χ2v) is 7.42. The number of ether oxygens (including phenoxy) is 1. The van der Waals surface area contributed by atoms with E-state index in [-0.39, 0.29) is 11.4 Å². The van der Waals surface area contributed by atoms with E-state index in [9.17, 15) is 8.42 Å². The Balaban J connectivity index is 1.80. The van der Waals surface area contributed by atoms with E-state index in [4.69, 9.17) is 4.74 Å². The highest BCUT2D eigenvalue weighted by Gasteiger charge is 2.19. The van der Waals surface area contributed by atoms with Crippen LogP contribution in [0.3, 0.4) is 0 Å². The summed E-state index contributed by atoms with van der Waals surface area (Å²) < 4.78 is 33.0. The van der Waals surface area contributed by atoms with Crippen molar-refractivity contribution in [3.05, 3.63) is 58.7 Å². The van der Waals surface area contributed by atoms with Crippen molar-refractivity contribution in [3.63, 3.8) is 0 Å². The van der Waals surface area contributed by atoms with Crippen LogP contribution in [0.15, 0.2) is 41.3 Å². The molecule has 0 saturated heterocycles. The van der Waals surface area contributed by atoms with Crippen LogP contribution in [0.5, 0.6) is 5.75 Å². The average molecular weight is 332 g/mol. The largest absolute Gasteiger partial charge is 0.495 e. The average Bonchev–Trinajstić information content (AvgIpc) is 3.00. The van der Waals surface area contributed by atoms with Gasteiger partial charge >= 0.3 is 0 Å². The summed E-state index contributed by atoms with van der Waals surface area (Å²) in [5.41, 5.74) is 4.32. The van der Waals surface area contributed by atoms with Crippen molar-refractivity contribution in [2.45, 2.75) is 31.5 Å². The second-order valence-electron chi connectivity index (χ2n) is 5.69. The van der Waals surface area contributed by atoms with Crippen LogP contribution in [0.1, 0.15) is 22.3 Å². The van der Waals surface area contributed by atoms with E-state index in [1.165, 1.54) is 18.2 Å². The van der Waals surface area contributed by atoms with Gasteiger partial charge in [0.2, 0.25) is 10.0 Å². The maximum Gasteiger partial charge on any atom is 0.244 e. The summed E-state index contributed by atoms with van der Waals surface area (Å²) in [6.07, 6.45) is 0. The highest BCUT2D eigenvalue weighted by atomic mass is 32.2. The van der Waals surface area contributed by atoms with Gasteiger partial charge in [-0.25, -0.2) is 13.1 Å². The Morgan fingerprint density at radius 3 is 2.70 bits per heavy atom. The lowest BCUT2D eigenvalue weighted by molar-refractivity contribution is 0.402. The number of aryl methyl sites for hydroxylation is 1. The highest BCUT2D eigenvalue weighted by Crippen LogP contribution is 2.25. The van der Waals surface area contributed by atoms with Crippen molar-refractivity contribution in [2.24, 2.45) is 0 Å². The quantitative estimate of drug-likeness (QED) is 0.880. The lowest BCUT2D eigenvalue weighted by Gasteiger charge is -2.12. The Bertz CT molecular complexity index is 832. The molecule has 6 heteroatoms. The Kier molecular flexibility index (Phi) is 4.39. The maximum absolute atomic E-state index is 12.6. The highest BCUT2D eigenvalue weighted by molar-refractivity contribution is 7.89. The van der Waals surface area contributed by atoms with E-state index in [1.54, 1.807) is 12.1 Å². The van der Waals surface area contributed by atoms with Gasteiger partial charge in [0.25, 0.3) is 0 Å². The van der Waals surface area contributed by atoms with Crippen molar-refractivity contribution in [2.75, 3.05) is 7.11 Å². The predicted molar refractivity (Wildman–Crippen MR) is 88.7 cm³/mol. The summed E-state index contributed by atoms with van der Waals surface area (Å²) in [4.78, 5) is 0.169. The number of rotatable bonds is 5. The van der Waals surface area contributed by atoms with Gasteiger partial charge in [0.05, 0.1) is 7.11 Å². The molecule has 1 aliphatic rings. The normalized spacial score (nSPS) is 13.8. The predicted octanol–water partition coefficient (Wildman–Crippen LogP) is 2.09. The molecular weight excluding hydrogens is 312 g/mol. The monoisotopic (exact) mass is 332 g/mol. The summed E-state index contributed by atoms with van der Waals surface area (Å²) in [6.45, 7) is 3.82. The van der Waals surface area contributed by atoms with Crippen LogP contribution in [-0.2, 0) is 29.7 Å². The summed E-state index contributed by atoms with van der Waals surface area (Å²) in [5.74, 6) is 0.348. The molecule has 2 aromatic carbocycles. The van der Waals surface area contributed by atoms with Gasteiger partial charge in [-0.15, -0.1) is 0 Å². The summed E-state index contributed by atoms with van der Waals surface area (Å²) in [5, 5.41) is 3.28. The first-order valence-corrected chi connectivity index (χ1v) is 8.93. The van der Waals surface area contributed by atoms with Crippen LogP contribution in [0, 0.1) is 6.92 Å². The first-order valence-electron chi connectivity index (χ1n) is 7.45. The van der Waals surface area contributed by atoms with Gasteiger partial charge < -0.3 is 10.1 Å². The van der Waals surface area contributed by atoms with Crippen LogP contribution in [0.2, 0.25) is 0 Å². The molecule has 0 unspecified atom stereocenters. The van der Waals surface area contributed by atoms with Crippen molar-refractivity contribution in [3.8, 4) is 5.75 Å². The lowest BCUT2D eigenvalue weighted by Crippen LogP contribution is -2.24. The molecule has 5 nitrogen and oxygen atoms in total. The fourth-order valence-corrected chi connectivity index (χ4v) is 3.98. The van der Waals surface area contributed by atoms with E-state index in [2.05, 4.69) is 10.0 Å². The van der Waals surface area contributed by atoms with E-state index in [0.717, 1.165) is 24.2 Å². The molecule has 0 fully saturated rings. The van der Waals surface area contributed by atoms with Crippen LogP contribution in [0.4, 0.5) is 0 Å². The van der Waals surface area contributed by atoms with E-state index in [1.807, 2.05) is 31.2 Å². The molecule has 0 radical (unpaired) electrons. The van der Waals surface area contributed by atoms with Crippen LogP contribution in [-0.4, -0.2) is 15.5 Å². The zero-order valence-corrected chi connectivity index (χ0v) is 14.0. The zero-order valence-electron chi connectivity index (χ0n) is 13.2. The van der Waals surface area contributed by atoms with Crippen molar-refractivity contribution >= 4 is 10.0 Å². The lowest BCUT2D eigenvalue weighted by atomic mass is 10.1. The Morgan fingerprint density at radius 1 is 1.13 bits per heavy atom. The minimum atomic E-state index is -3.63. The van der Waals surface area contributed by atoms with Gasteiger partial charge in [-0.1, -0.05) is 24.3 Å². The number of methoxy groups -OCH3 is 1. The van der Waals surface area contributed by atoms with Crippen LogP contribution in [0.25, 0.3) is 0 Å². The number of hydrogen-bond donors (Lipinski definition) is 2. The molecule has 122 valence electrons. The van der Waals surface area contributed by atoms with Gasteiger partial charge in [0.15, 0.2) is 0 Å². The smallest absolute Gasteiger partial charge is 0.244 e. The van der Waals surface area contributed by atoms with E-state index in [0.29, 0.717) is 5.75 Å². The number of hydrogen-bond acceptors (Lipinski definition) is 4. The second kappa shape index (κ2) is 6.31. The number of benzene rings is 2. The SMILES string of the molecule is COc1ccc(C)cc1S(=O)(=O)NCc1ccc2c(c1)CNC2. The molecule has 0 saturated carbocycles. The van der Waals surface area contributed by atoms with Gasteiger partial charge in [-0.3, -0.25) is 0 Å². The molecular formula is C17H20N2O3S. The van der Waals surface area contributed by atoms with Gasteiger partial charge in [0, 0.05) is 19.6 Å². The Labute approximate surface area is 136 Å². The third kappa shape index (κ3) is 3.39. The standard InChI is InChI=1S/C17H20N2O3S/c1-12-3-6-16(22-2)17(7-12)23(20,21)19-9-13-4-5-14-10-18-11-15(14)8-13/h3-8,18-19H,9-11H2,1-2H3. The molecule has 0 spiro atoms. The van der Waals surface area contributed by atoms with Gasteiger partial charge in [0.1, 0.15) is 10.6 Å². The molecule has 2 N–H and O–H groups in total. The zero-order chi connectivity index (χ0) is 16.4. The Hall–Kier alpha value is -1.89. The summed E-state index contributed by atoms with van der Waals surface area (Å²) in [6, 6.07) is 11.2. The van der Waals surface area contributed by atoms with Gasteiger partial charge in [-0.05, 0) is 41.3 Å². The molecule has 23 heavy (non-hydrogen) atoms.